The molecule has 2 rings (SSSR count). The summed E-state index contributed by atoms with van der Waals surface area (Å²) < 4.78 is 5.45. The standard InChI is InChI=1S/C11H13N5O3S/c1-5-7(11(18)19)10(20-15-5)14-9(17)8(12)6-3-13-16(2)4-6/h3-4,8H,12H2,1-2H3,(H,14,17)(H,18,19). The molecular formula is C11H13N5O3S. The lowest BCUT2D eigenvalue weighted by atomic mass is 10.1. The highest BCUT2D eigenvalue weighted by molar-refractivity contribution is 7.11. The summed E-state index contributed by atoms with van der Waals surface area (Å²) in [5, 5.41) is 15.7. The van der Waals surface area contributed by atoms with Crippen LogP contribution in [-0.4, -0.2) is 31.1 Å². The van der Waals surface area contributed by atoms with E-state index in [4.69, 9.17) is 10.8 Å². The summed E-state index contributed by atoms with van der Waals surface area (Å²) in [6.45, 7) is 1.57. The first-order chi connectivity index (χ1) is 9.40. The summed E-state index contributed by atoms with van der Waals surface area (Å²) in [6, 6.07) is -0.923. The third kappa shape index (κ3) is 2.68. The minimum atomic E-state index is -1.14. The fraction of sp³-hybridized carbons (Fsp3) is 0.273. The normalized spacial score (nSPS) is 12.2. The van der Waals surface area contributed by atoms with Gasteiger partial charge in [0.15, 0.2) is 0 Å². The zero-order chi connectivity index (χ0) is 14.9. The number of aryl methyl sites for hydroxylation is 2. The Hall–Kier alpha value is -2.26. The SMILES string of the molecule is Cc1nsc(NC(=O)C(N)c2cnn(C)c2)c1C(=O)O. The number of amides is 1. The monoisotopic (exact) mass is 295 g/mol. The number of nitrogens with two attached hydrogens (primary N) is 1. The summed E-state index contributed by atoms with van der Waals surface area (Å²) in [7, 11) is 1.71. The maximum atomic E-state index is 12.0. The Kier molecular flexibility index (Phi) is 3.81. The van der Waals surface area contributed by atoms with Gasteiger partial charge in [0.1, 0.15) is 16.6 Å². The summed E-state index contributed by atoms with van der Waals surface area (Å²) in [5.74, 6) is -1.65. The van der Waals surface area contributed by atoms with Crippen LogP contribution >= 0.6 is 11.5 Å². The van der Waals surface area contributed by atoms with Crippen LogP contribution in [0.5, 0.6) is 0 Å². The van der Waals surface area contributed by atoms with E-state index in [9.17, 15) is 9.59 Å². The van der Waals surface area contributed by atoms with Crippen molar-refractivity contribution >= 4 is 28.4 Å². The van der Waals surface area contributed by atoms with Crippen molar-refractivity contribution in [3.63, 3.8) is 0 Å². The van der Waals surface area contributed by atoms with Gasteiger partial charge in [-0.25, -0.2) is 4.79 Å². The number of aromatic nitrogens is 3. The molecule has 0 saturated carbocycles. The molecule has 4 N–H and O–H groups in total. The summed E-state index contributed by atoms with van der Waals surface area (Å²) >= 11 is 0.911. The number of nitrogens with one attached hydrogen (secondary N) is 1. The lowest BCUT2D eigenvalue weighted by Gasteiger charge is -2.09. The second kappa shape index (κ2) is 5.39. The van der Waals surface area contributed by atoms with E-state index in [1.165, 1.54) is 10.9 Å². The highest BCUT2D eigenvalue weighted by Crippen LogP contribution is 2.25. The minimum Gasteiger partial charge on any atom is -0.478 e. The van der Waals surface area contributed by atoms with E-state index in [1.807, 2.05) is 0 Å². The molecule has 0 radical (unpaired) electrons. The molecule has 9 heteroatoms. The van der Waals surface area contributed by atoms with Crippen molar-refractivity contribution in [2.45, 2.75) is 13.0 Å². The molecule has 0 fully saturated rings. The van der Waals surface area contributed by atoms with Crippen LogP contribution in [0.3, 0.4) is 0 Å². The van der Waals surface area contributed by atoms with E-state index < -0.39 is 17.9 Å². The van der Waals surface area contributed by atoms with Crippen LogP contribution in [0.4, 0.5) is 5.00 Å². The van der Waals surface area contributed by atoms with Crippen molar-refractivity contribution < 1.29 is 14.7 Å². The highest BCUT2D eigenvalue weighted by atomic mass is 32.1. The average Bonchev–Trinajstić information content (AvgIpc) is 2.95. The Morgan fingerprint density at radius 3 is 2.80 bits per heavy atom. The molecule has 0 aliphatic carbocycles. The number of carbonyl (C=O) groups excluding carboxylic acids is 1. The van der Waals surface area contributed by atoms with Crippen molar-refractivity contribution in [3.05, 3.63) is 29.2 Å². The van der Waals surface area contributed by atoms with Gasteiger partial charge >= 0.3 is 5.97 Å². The highest BCUT2D eigenvalue weighted by Gasteiger charge is 2.23. The minimum absolute atomic E-state index is 0.0123. The lowest BCUT2D eigenvalue weighted by Crippen LogP contribution is -2.27. The second-order valence-corrected chi connectivity index (χ2v) is 4.96. The fourth-order valence-electron chi connectivity index (χ4n) is 1.65. The van der Waals surface area contributed by atoms with Crippen LogP contribution in [0.1, 0.15) is 27.7 Å². The lowest BCUT2D eigenvalue weighted by molar-refractivity contribution is -0.117. The Morgan fingerprint density at radius 1 is 1.55 bits per heavy atom. The molecule has 0 aliphatic heterocycles. The third-order valence-corrected chi connectivity index (χ3v) is 3.53. The van der Waals surface area contributed by atoms with Crippen molar-refractivity contribution in [1.82, 2.24) is 14.2 Å². The number of carbonyl (C=O) groups is 2. The maximum absolute atomic E-state index is 12.0. The van der Waals surface area contributed by atoms with Crippen molar-refractivity contribution in [3.8, 4) is 0 Å². The first kappa shape index (κ1) is 14.2. The van der Waals surface area contributed by atoms with Gasteiger partial charge in [0, 0.05) is 18.8 Å². The number of anilines is 1. The van der Waals surface area contributed by atoms with Gasteiger partial charge in [-0.3, -0.25) is 9.48 Å². The molecule has 1 amide bonds. The van der Waals surface area contributed by atoms with Crippen molar-refractivity contribution in [1.29, 1.82) is 0 Å². The van der Waals surface area contributed by atoms with Gasteiger partial charge in [0.25, 0.3) is 0 Å². The number of carboxylic acid groups (broad SMARTS) is 1. The zero-order valence-electron chi connectivity index (χ0n) is 10.8. The van der Waals surface area contributed by atoms with Crippen molar-refractivity contribution in [2.75, 3.05) is 5.32 Å². The molecule has 2 aromatic rings. The predicted octanol–water partition coefficient (Wildman–Crippen LogP) is 0.522. The van der Waals surface area contributed by atoms with E-state index in [2.05, 4.69) is 14.8 Å². The van der Waals surface area contributed by atoms with Crippen molar-refractivity contribution in [2.24, 2.45) is 12.8 Å². The average molecular weight is 295 g/mol. The Morgan fingerprint density at radius 2 is 2.25 bits per heavy atom. The van der Waals surface area contributed by atoms with Crippen LogP contribution in [0.2, 0.25) is 0 Å². The number of carboxylic acids is 1. The summed E-state index contributed by atoms with van der Waals surface area (Å²) in [6.07, 6.45) is 3.11. The predicted molar refractivity (Wildman–Crippen MR) is 72.6 cm³/mol. The van der Waals surface area contributed by atoms with Crippen LogP contribution < -0.4 is 11.1 Å². The van der Waals surface area contributed by atoms with E-state index in [0.717, 1.165) is 11.5 Å². The van der Waals surface area contributed by atoms with Crippen LogP contribution in [0.15, 0.2) is 12.4 Å². The number of hydrogen-bond acceptors (Lipinski definition) is 6. The van der Waals surface area contributed by atoms with E-state index in [0.29, 0.717) is 11.3 Å². The molecule has 1 unspecified atom stereocenters. The fourth-order valence-corrected chi connectivity index (χ4v) is 2.44. The molecule has 0 aromatic carbocycles. The van der Waals surface area contributed by atoms with Gasteiger partial charge in [0.2, 0.25) is 5.91 Å². The van der Waals surface area contributed by atoms with Gasteiger partial charge in [-0.05, 0) is 18.5 Å². The molecule has 2 aromatic heterocycles. The largest absolute Gasteiger partial charge is 0.478 e. The maximum Gasteiger partial charge on any atom is 0.340 e. The zero-order valence-corrected chi connectivity index (χ0v) is 11.6. The van der Waals surface area contributed by atoms with Gasteiger partial charge in [-0.1, -0.05) is 0 Å². The number of rotatable bonds is 4. The van der Waals surface area contributed by atoms with Gasteiger partial charge < -0.3 is 16.2 Å². The van der Waals surface area contributed by atoms with Gasteiger partial charge in [-0.2, -0.15) is 9.47 Å². The number of hydrogen-bond donors (Lipinski definition) is 3. The number of aromatic carboxylic acids is 1. The molecule has 1 atom stereocenters. The molecule has 0 aliphatic rings. The van der Waals surface area contributed by atoms with E-state index in [1.54, 1.807) is 20.2 Å². The Labute approximate surface area is 118 Å². The first-order valence-corrected chi connectivity index (χ1v) is 6.42. The topological polar surface area (TPSA) is 123 Å². The smallest absolute Gasteiger partial charge is 0.340 e. The quantitative estimate of drug-likeness (QED) is 0.755. The molecule has 8 nitrogen and oxygen atoms in total. The molecule has 0 spiro atoms. The third-order valence-electron chi connectivity index (χ3n) is 2.68. The molecule has 20 heavy (non-hydrogen) atoms. The Bertz CT molecular complexity index is 663. The van der Waals surface area contributed by atoms with Gasteiger partial charge in [0.05, 0.1) is 11.9 Å². The van der Waals surface area contributed by atoms with Crippen LogP contribution in [0, 0.1) is 6.92 Å². The van der Waals surface area contributed by atoms with Crippen LogP contribution in [-0.2, 0) is 11.8 Å². The summed E-state index contributed by atoms with van der Waals surface area (Å²) in [5.41, 5.74) is 6.69. The number of nitrogens with zero attached hydrogens (tertiary/aromatic N) is 3. The van der Waals surface area contributed by atoms with E-state index >= 15 is 0 Å². The first-order valence-electron chi connectivity index (χ1n) is 5.64. The van der Waals surface area contributed by atoms with E-state index in [-0.39, 0.29) is 10.6 Å². The molecule has 0 bridgehead atoms. The molecule has 106 valence electrons. The van der Waals surface area contributed by atoms with Gasteiger partial charge in [-0.15, -0.1) is 0 Å². The van der Waals surface area contributed by atoms with Crippen LogP contribution in [0.25, 0.3) is 0 Å². The summed E-state index contributed by atoms with van der Waals surface area (Å²) in [4.78, 5) is 23.1. The molecule has 0 saturated heterocycles. The second-order valence-electron chi connectivity index (χ2n) is 4.19. The molecule has 2 heterocycles. The molecular weight excluding hydrogens is 282 g/mol. The Balaban J connectivity index is 2.18.